The summed E-state index contributed by atoms with van der Waals surface area (Å²) >= 11 is 0. The van der Waals surface area contributed by atoms with E-state index < -0.39 is 0 Å². The summed E-state index contributed by atoms with van der Waals surface area (Å²) in [4.78, 5) is 4.15. The average molecular weight is 300 g/mol. The first kappa shape index (κ1) is 15.2. The van der Waals surface area contributed by atoms with Gasteiger partial charge >= 0.3 is 0 Å². The first-order valence-corrected chi connectivity index (χ1v) is 7.88. The Morgan fingerprint density at radius 3 is 2.95 bits per heavy atom. The Hall–Kier alpha value is -1.72. The third-order valence-corrected chi connectivity index (χ3v) is 4.52. The number of hydrogen-bond acceptors (Lipinski definition) is 4. The van der Waals surface area contributed by atoms with Gasteiger partial charge in [0, 0.05) is 56.3 Å². The van der Waals surface area contributed by atoms with Gasteiger partial charge in [0.1, 0.15) is 0 Å². The van der Waals surface area contributed by atoms with Gasteiger partial charge in [-0.1, -0.05) is 6.07 Å². The standard InChI is InChI=1S/C17H24N4O/c1-12-16(13(2)21(3)20-12)17-15(6-8-22-17)11-19-10-14-5-4-7-18-9-14/h4-5,7,9,15,17,19H,6,8,10-11H2,1-3H3/t15-,17+/m0/s1. The molecule has 1 aliphatic rings. The number of aromatic nitrogens is 3. The molecule has 5 nitrogen and oxygen atoms in total. The van der Waals surface area contributed by atoms with Crippen LogP contribution >= 0.6 is 0 Å². The van der Waals surface area contributed by atoms with Crippen molar-refractivity contribution in [3.63, 3.8) is 0 Å². The van der Waals surface area contributed by atoms with Gasteiger partial charge in [0.15, 0.2) is 0 Å². The Morgan fingerprint density at radius 2 is 2.27 bits per heavy atom. The largest absolute Gasteiger partial charge is 0.373 e. The third kappa shape index (κ3) is 3.05. The zero-order chi connectivity index (χ0) is 15.5. The fourth-order valence-corrected chi connectivity index (χ4v) is 3.27. The maximum atomic E-state index is 6.02. The minimum atomic E-state index is 0.162. The highest BCUT2D eigenvalue weighted by Gasteiger charge is 2.33. The molecule has 22 heavy (non-hydrogen) atoms. The van der Waals surface area contributed by atoms with Crippen LogP contribution in [0.15, 0.2) is 24.5 Å². The zero-order valence-electron chi connectivity index (χ0n) is 13.5. The second kappa shape index (κ2) is 6.58. The van der Waals surface area contributed by atoms with E-state index in [9.17, 15) is 0 Å². The van der Waals surface area contributed by atoms with Gasteiger partial charge < -0.3 is 10.1 Å². The zero-order valence-corrected chi connectivity index (χ0v) is 13.5. The topological polar surface area (TPSA) is 52.0 Å². The molecule has 0 unspecified atom stereocenters. The normalized spacial score (nSPS) is 21.4. The van der Waals surface area contributed by atoms with E-state index in [0.29, 0.717) is 5.92 Å². The molecule has 1 fully saturated rings. The van der Waals surface area contributed by atoms with E-state index >= 15 is 0 Å². The van der Waals surface area contributed by atoms with Crippen LogP contribution < -0.4 is 5.32 Å². The molecule has 0 bridgehead atoms. The van der Waals surface area contributed by atoms with Gasteiger partial charge in [0.25, 0.3) is 0 Å². The lowest BCUT2D eigenvalue weighted by atomic mass is 9.94. The van der Waals surface area contributed by atoms with Crippen LogP contribution in [-0.4, -0.2) is 27.9 Å². The molecule has 1 N–H and O–H groups in total. The maximum Gasteiger partial charge on any atom is 0.0901 e. The molecule has 1 saturated heterocycles. The van der Waals surface area contributed by atoms with Crippen molar-refractivity contribution in [1.29, 1.82) is 0 Å². The Balaban J connectivity index is 1.63. The minimum Gasteiger partial charge on any atom is -0.373 e. The van der Waals surface area contributed by atoms with Gasteiger partial charge in [-0.3, -0.25) is 9.67 Å². The fourth-order valence-electron chi connectivity index (χ4n) is 3.27. The molecule has 2 aromatic heterocycles. The second-order valence-electron chi connectivity index (χ2n) is 6.04. The smallest absolute Gasteiger partial charge is 0.0901 e. The van der Waals surface area contributed by atoms with E-state index in [2.05, 4.69) is 35.3 Å². The van der Waals surface area contributed by atoms with E-state index in [-0.39, 0.29) is 6.10 Å². The molecule has 0 aliphatic carbocycles. The van der Waals surface area contributed by atoms with Crippen LogP contribution in [-0.2, 0) is 18.3 Å². The summed E-state index contributed by atoms with van der Waals surface area (Å²) in [6, 6.07) is 4.07. The average Bonchev–Trinajstić information content (AvgIpc) is 3.05. The van der Waals surface area contributed by atoms with Gasteiger partial charge in [-0.05, 0) is 31.9 Å². The monoisotopic (exact) mass is 300 g/mol. The first-order valence-electron chi connectivity index (χ1n) is 7.88. The van der Waals surface area contributed by atoms with Crippen molar-refractivity contribution < 1.29 is 4.74 Å². The quantitative estimate of drug-likeness (QED) is 0.920. The van der Waals surface area contributed by atoms with E-state index in [1.807, 2.05) is 24.0 Å². The van der Waals surface area contributed by atoms with Gasteiger partial charge in [0.05, 0.1) is 11.8 Å². The van der Waals surface area contributed by atoms with E-state index in [4.69, 9.17) is 4.74 Å². The summed E-state index contributed by atoms with van der Waals surface area (Å²) in [7, 11) is 2.00. The molecule has 0 amide bonds. The number of pyridine rings is 1. The predicted molar refractivity (Wildman–Crippen MR) is 85.4 cm³/mol. The fraction of sp³-hybridized carbons (Fsp3) is 0.529. The summed E-state index contributed by atoms with van der Waals surface area (Å²) in [6.45, 7) is 6.83. The Bertz CT molecular complexity index is 623. The molecule has 0 aromatic carbocycles. The van der Waals surface area contributed by atoms with Crippen LogP contribution in [0, 0.1) is 19.8 Å². The molecular formula is C17H24N4O. The molecule has 3 heterocycles. The summed E-state index contributed by atoms with van der Waals surface area (Å²) in [6.07, 6.45) is 4.97. The molecule has 3 rings (SSSR count). The summed E-state index contributed by atoms with van der Waals surface area (Å²) in [5.74, 6) is 0.498. The number of aryl methyl sites for hydroxylation is 2. The summed E-state index contributed by atoms with van der Waals surface area (Å²) in [5, 5.41) is 8.07. The number of rotatable bonds is 5. The molecule has 118 valence electrons. The molecule has 0 radical (unpaired) electrons. The van der Waals surface area contributed by atoms with E-state index in [1.54, 1.807) is 6.20 Å². The Kier molecular flexibility index (Phi) is 4.55. The van der Waals surface area contributed by atoms with Crippen molar-refractivity contribution in [2.24, 2.45) is 13.0 Å². The second-order valence-corrected chi connectivity index (χ2v) is 6.04. The lowest BCUT2D eigenvalue weighted by Crippen LogP contribution is -2.25. The third-order valence-electron chi connectivity index (χ3n) is 4.52. The summed E-state index contributed by atoms with van der Waals surface area (Å²) < 4.78 is 7.97. The van der Waals surface area contributed by atoms with Crippen molar-refractivity contribution in [2.45, 2.75) is 32.9 Å². The molecule has 0 saturated carbocycles. The van der Waals surface area contributed by atoms with Crippen LogP contribution in [0.2, 0.25) is 0 Å². The highest BCUT2D eigenvalue weighted by atomic mass is 16.5. The summed E-state index contributed by atoms with van der Waals surface area (Å²) in [5.41, 5.74) is 4.78. The highest BCUT2D eigenvalue weighted by molar-refractivity contribution is 5.28. The maximum absolute atomic E-state index is 6.02. The van der Waals surface area contributed by atoms with E-state index in [0.717, 1.165) is 31.8 Å². The minimum absolute atomic E-state index is 0.162. The number of nitrogens with one attached hydrogen (secondary N) is 1. The van der Waals surface area contributed by atoms with Gasteiger partial charge in [-0.25, -0.2) is 0 Å². The van der Waals surface area contributed by atoms with Crippen molar-refractivity contribution in [3.8, 4) is 0 Å². The van der Waals surface area contributed by atoms with Crippen LogP contribution in [0.1, 0.15) is 35.0 Å². The van der Waals surface area contributed by atoms with Crippen LogP contribution in [0.3, 0.4) is 0 Å². The molecule has 2 atom stereocenters. The van der Waals surface area contributed by atoms with Crippen molar-refractivity contribution in [1.82, 2.24) is 20.1 Å². The molecule has 0 spiro atoms. The van der Waals surface area contributed by atoms with Crippen molar-refractivity contribution in [2.75, 3.05) is 13.2 Å². The van der Waals surface area contributed by atoms with Crippen molar-refractivity contribution >= 4 is 0 Å². The van der Waals surface area contributed by atoms with Crippen LogP contribution in [0.4, 0.5) is 0 Å². The SMILES string of the molecule is Cc1nn(C)c(C)c1[C@@H]1OCC[C@H]1CNCc1cccnc1. The number of nitrogens with zero attached hydrogens (tertiary/aromatic N) is 3. The predicted octanol–water partition coefficient (Wildman–Crippen LogP) is 2.30. The van der Waals surface area contributed by atoms with Gasteiger partial charge in [0.2, 0.25) is 0 Å². The molecular weight excluding hydrogens is 276 g/mol. The Labute approximate surface area is 131 Å². The van der Waals surface area contributed by atoms with Gasteiger partial charge in [-0.15, -0.1) is 0 Å². The lowest BCUT2D eigenvalue weighted by molar-refractivity contribution is 0.0893. The molecule has 5 heteroatoms. The van der Waals surface area contributed by atoms with E-state index in [1.165, 1.54) is 16.8 Å². The van der Waals surface area contributed by atoms with Crippen molar-refractivity contribution in [3.05, 3.63) is 47.0 Å². The highest BCUT2D eigenvalue weighted by Crippen LogP contribution is 2.37. The first-order chi connectivity index (χ1) is 10.7. The van der Waals surface area contributed by atoms with Gasteiger partial charge in [-0.2, -0.15) is 5.10 Å². The Morgan fingerprint density at radius 1 is 1.41 bits per heavy atom. The molecule has 1 aliphatic heterocycles. The van der Waals surface area contributed by atoms with Crippen LogP contribution in [0.5, 0.6) is 0 Å². The number of hydrogen-bond donors (Lipinski definition) is 1. The number of ether oxygens (including phenoxy) is 1. The molecule has 2 aromatic rings. The lowest BCUT2D eigenvalue weighted by Gasteiger charge is -2.20. The van der Waals surface area contributed by atoms with Crippen LogP contribution in [0.25, 0.3) is 0 Å².